The number of nitrogens with zero attached hydrogens (tertiary/aromatic N) is 1. The summed E-state index contributed by atoms with van der Waals surface area (Å²) in [6.45, 7) is 3.26. The zero-order valence-electron chi connectivity index (χ0n) is 17.4. The van der Waals surface area contributed by atoms with Crippen LogP contribution in [0, 0.1) is 13.8 Å². The number of benzene rings is 2. The van der Waals surface area contributed by atoms with E-state index in [2.05, 4.69) is 9.71 Å². The third-order valence-electron chi connectivity index (χ3n) is 4.92. The molecule has 1 unspecified atom stereocenters. The molecule has 7 nitrogen and oxygen atoms in total. The number of hydrogen-bond donors (Lipinski definition) is 1. The highest BCUT2D eigenvalue weighted by Gasteiger charge is 2.31. The Bertz CT molecular complexity index is 1260. The van der Waals surface area contributed by atoms with Gasteiger partial charge in [0.1, 0.15) is 11.0 Å². The second-order valence-electron chi connectivity index (χ2n) is 7.12. The number of pyridine rings is 1. The van der Waals surface area contributed by atoms with E-state index in [0.29, 0.717) is 16.9 Å². The molecule has 2 aromatic carbocycles. The normalized spacial score (nSPS) is 13.0. The van der Waals surface area contributed by atoms with Crippen LogP contribution in [-0.4, -0.2) is 35.5 Å². The van der Waals surface area contributed by atoms with Crippen LogP contribution >= 0.6 is 0 Å². The molecule has 0 amide bonds. The Morgan fingerprint density at radius 3 is 2.23 bits per heavy atom. The van der Waals surface area contributed by atoms with Gasteiger partial charge in [0.25, 0.3) is 0 Å². The fourth-order valence-electron chi connectivity index (χ4n) is 3.15. The third-order valence-corrected chi connectivity index (χ3v) is 8.45. The predicted octanol–water partition coefficient (Wildman–Crippen LogP) is 3.20. The maximum atomic E-state index is 13.4. The number of aromatic nitrogens is 1. The van der Waals surface area contributed by atoms with Crippen molar-refractivity contribution >= 4 is 19.9 Å². The second kappa shape index (κ2) is 9.17. The lowest BCUT2D eigenvalue weighted by molar-refractivity contribution is 0.411. The van der Waals surface area contributed by atoms with Gasteiger partial charge in [0.15, 0.2) is 9.84 Å². The van der Waals surface area contributed by atoms with Gasteiger partial charge in [0.2, 0.25) is 10.0 Å². The summed E-state index contributed by atoms with van der Waals surface area (Å²) >= 11 is 0. The van der Waals surface area contributed by atoms with Crippen molar-refractivity contribution < 1.29 is 21.6 Å². The molecule has 0 bridgehead atoms. The molecular formula is C22H24N2O5S2. The first-order valence-corrected chi connectivity index (χ1v) is 12.5. The highest BCUT2D eigenvalue weighted by Crippen LogP contribution is 2.29. The molecule has 0 spiro atoms. The van der Waals surface area contributed by atoms with Gasteiger partial charge in [-0.15, -0.1) is 0 Å². The summed E-state index contributed by atoms with van der Waals surface area (Å²) in [5, 5.41) is -1.14. The molecule has 1 N–H and O–H groups in total. The van der Waals surface area contributed by atoms with E-state index in [1.165, 1.54) is 43.8 Å². The van der Waals surface area contributed by atoms with Crippen LogP contribution in [0.5, 0.6) is 5.75 Å². The van der Waals surface area contributed by atoms with Crippen molar-refractivity contribution in [2.45, 2.75) is 28.9 Å². The minimum atomic E-state index is -3.95. The molecule has 0 saturated heterocycles. The van der Waals surface area contributed by atoms with Gasteiger partial charge in [-0.3, -0.25) is 4.98 Å². The van der Waals surface area contributed by atoms with Gasteiger partial charge < -0.3 is 4.74 Å². The Balaban J connectivity index is 1.94. The van der Waals surface area contributed by atoms with Crippen LogP contribution in [-0.2, 0) is 19.9 Å². The minimum absolute atomic E-state index is 0.0310. The second-order valence-corrected chi connectivity index (χ2v) is 11.0. The molecule has 0 aliphatic carbocycles. The average Bonchev–Trinajstić information content (AvgIpc) is 2.74. The molecule has 1 aromatic heterocycles. The van der Waals surface area contributed by atoms with Gasteiger partial charge in [-0.25, -0.2) is 21.6 Å². The van der Waals surface area contributed by atoms with E-state index in [1.807, 2.05) is 6.92 Å². The summed E-state index contributed by atoms with van der Waals surface area (Å²) < 4.78 is 60.1. The molecule has 0 aliphatic heterocycles. The maximum Gasteiger partial charge on any atom is 0.240 e. The molecule has 3 aromatic rings. The van der Waals surface area contributed by atoms with E-state index in [4.69, 9.17) is 4.74 Å². The van der Waals surface area contributed by atoms with Crippen LogP contribution in [0.3, 0.4) is 0 Å². The number of methoxy groups -OCH3 is 1. The predicted molar refractivity (Wildman–Crippen MR) is 118 cm³/mol. The summed E-state index contributed by atoms with van der Waals surface area (Å²) in [5.41, 5.74) is 1.98. The number of nitrogens with one attached hydrogen (secondary N) is 1. The van der Waals surface area contributed by atoms with Gasteiger partial charge >= 0.3 is 0 Å². The Kier molecular flexibility index (Phi) is 6.78. The smallest absolute Gasteiger partial charge is 0.240 e. The number of hydrogen-bond acceptors (Lipinski definition) is 6. The fraction of sp³-hybridized carbons (Fsp3) is 0.227. The van der Waals surface area contributed by atoms with Gasteiger partial charge in [-0.05, 0) is 61.4 Å². The van der Waals surface area contributed by atoms with Gasteiger partial charge in [0.05, 0.1) is 16.9 Å². The quantitative estimate of drug-likeness (QED) is 0.554. The summed E-state index contributed by atoms with van der Waals surface area (Å²) in [4.78, 5) is 4.15. The fourth-order valence-corrected chi connectivity index (χ4v) is 6.03. The number of sulfone groups is 1. The lowest BCUT2D eigenvalue weighted by atomic mass is 10.2. The minimum Gasteiger partial charge on any atom is -0.496 e. The van der Waals surface area contributed by atoms with Crippen LogP contribution in [0.15, 0.2) is 76.8 Å². The van der Waals surface area contributed by atoms with Gasteiger partial charge in [0, 0.05) is 18.9 Å². The first-order chi connectivity index (χ1) is 14.6. The van der Waals surface area contributed by atoms with Crippen LogP contribution in [0.1, 0.15) is 21.9 Å². The Hall–Kier alpha value is -2.75. The SMILES string of the molecule is COc1ccc(S(=O)(=O)NCC(c2cccnc2)S(=O)(=O)c2ccc(C)cc2)cc1C. The Morgan fingerprint density at radius 1 is 0.968 bits per heavy atom. The highest BCUT2D eigenvalue weighted by molar-refractivity contribution is 7.92. The molecular weight excluding hydrogens is 436 g/mol. The standard InChI is InChI=1S/C22H24N2O5S2/c1-16-6-8-19(9-7-16)30(25,26)22(18-5-4-12-23-14-18)15-24-31(27,28)20-10-11-21(29-3)17(2)13-20/h4-14,22,24H,15H2,1-3H3. The molecule has 0 radical (unpaired) electrons. The van der Waals surface area contributed by atoms with Crippen molar-refractivity contribution in [1.82, 2.24) is 9.71 Å². The number of rotatable bonds is 8. The first kappa shape index (κ1) is 22.9. The Morgan fingerprint density at radius 2 is 1.65 bits per heavy atom. The molecule has 0 saturated carbocycles. The summed E-state index contributed by atoms with van der Waals surface area (Å²) in [5.74, 6) is 0.564. The maximum absolute atomic E-state index is 13.4. The monoisotopic (exact) mass is 460 g/mol. The third kappa shape index (κ3) is 5.12. The average molecular weight is 461 g/mol. The molecule has 9 heteroatoms. The van der Waals surface area contributed by atoms with Crippen molar-refractivity contribution in [2.75, 3.05) is 13.7 Å². The van der Waals surface area contributed by atoms with Crippen molar-refractivity contribution in [3.05, 3.63) is 83.7 Å². The number of aryl methyl sites for hydroxylation is 2. The lowest BCUT2D eigenvalue weighted by Gasteiger charge is -2.19. The highest BCUT2D eigenvalue weighted by atomic mass is 32.2. The Labute approximate surface area is 183 Å². The zero-order valence-corrected chi connectivity index (χ0v) is 19.1. The van der Waals surface area contributed by atoms with E-state index in [1.54, 1.807) is 37.3 Å². The van der Waals surface area contributed by atoms with Crippen molar-refractivity contribution in [3.63, 3.8) is 0 Å². The van der Waals surface area contributed by atoms with E-state index in [-0.39, 0.29) is 16.3 Å². The zero-order chi connectivity index (χ0) is 22.6. The van der Waals surface area contributed by atoms with Gasteiger partial charge in [-0.2, -0.15) is 0 Å². The number of ether oxygens (including phenoxy) is 1. The summed E-state index contributed by atoms with van der Waals surface area (Å²) in [6, 6.07) is 14.2. The molecule has 1 heterocycles. The number of sulfonamides is 1. The van der Waals surface area contributed by atoms with Crippen LogP contribution in [0.4, 0.5) is 0 Å². The van der Waals surface area contributed by atoms with E-state index in [9.17, 15) is 16.8 Å². The van der Waals surface area contributed by atoms with Crippen molar-refractivity contribution in [3.8, 4) is 5.75 Å². The molecule has 3 rings (SSSR count). The van der Waals surface area contributed by atoms with Crippen LogP contribution in [0.2, 0.25) is 0 Å². The topological polar surface area (TPSA) is 102 Å². The first-order valence-electron chi connectivity index (χ1n) is 9.50. The van der Waals surface area contributed by atoms with Crippen molar-refractivity contribution in [2.24, 2.45) is 0 Å². The van der Waals surface area contributed by atoms with E-state index >= 15 is 0 Å². The lowest BCUT2D eigenvalue weighted by Crippen LogP contribution is -2.32. The van der Waals surface area contributed by atoms with Crippen LogP contribution < -0.4 is 9.46 Å². The van der Waals surface area contributed by atoms with E-state index in [0.717, 1.165) is 5.56 Å². The molecule has 0 aliphatic rings. The van der Waals surface area contributed by atoms with Crippen molar-refractivity contribution in [1.29, 1.82) is 0 Å². The van der Waals surface area contributed by atoms with Crippen LogP contribution in [0.25, 0.3) is 0 Å². The summed E-state index contributed by atoms with van der Waals surface area (Å²) in [7, 11) is -6.33. The summed E-state index contributed by atoms with van der Waals surface area (Å²) in [6.07, 6.45) is 2.96. The molecule has 31 heavy (non-hydrogen) atoms. The largest absolute Gasteiger partial charge is 0.496 e. The van der Waals surface area contributed by atoms with Gasteiger partial charge in [-0.1, -0.05) is 23.8 Å². The molecule has 0 fully saturated rings. The molecule has 1 atom stereocenters. The van der Waals surface area contributed by atoms with E-state index < -0.39 is 25.1 Å². The molecule has 164 valence electrons.